The quantitative estimate of drug-likeness (QED) is 0.736. The number of nitrogens with one attached hydrogen (secondary N) is 1. The van der Waals surface area contributed by atoms with Crippen LogP contribution in [0.3, 0.4) is 0 Å². The highest BCUT2D eigenvalue weighted by molar-refractivity contribution is 7.92. The third-order valence-corrected chi connectivity index (χ3v) is 6.72. The Bertz CT molecular complexity index is 936. The molecule has 0 aromatic heterocycles. The summed E-state index contributed by atoms with van der Waals surface area (Å²) >= 11 is 0. The average Bonchev–Trinajstić information content (AvgIpc) is 2.74. The van der Waals surface area contributed by atoms with Crippen molar-refractivity contribution in [3.05, 3.63) is 54.1 Å². The second kappa shape index (κ2) is 9.31. The summed E-state index contributed by atoms with van der Waals surface area (Å²) in [4.78, 5) is 14.6. The predicted molar refractivity (Wildman–Crippen MR) is 114 cm³/mol. The molecule has 6 nitrogen and oxygen atoms in total. The lowest BCUT2D eigenvalue weighted by Gasteiger charge is -2.27. The Labute approximate surface area is 172 Å². The van der Waals surface area contributed by atoms with E-state index >= 15 is 0 Å². The Morgan fingerprint density at radius 2 is 1.79 bits per heavy atom. The Balaban J connectivity index is 1.72. The zero-order valence-corrected chi connectivity index (χ0v) is 17.7. The van der Waals surface area contributed by atoms with Crippen LogP contribution in [0.5, 0.6) is 5.75 Å². The van der Waals surface area contributed by atoms with Gasteiger partial charge in [-0.1, -0.05) is 25.3 Å². The van der Waals surface area contributed by atoms with Crippen molar-refractivity contribution < 1.29 is 17.9 Å². The number of rotatable bonds is 7. The molecule has 1 aliphatic carbocycles. The van der Waals surface area contributed by atoms with E-state index in [-0.39, 0.29) is 10.8 Å². The van der Waals surface area contributed by atoms with Crippen molar-refractivity contribution in [2.24, 2.45) is 5.92 Å². The summed E-state index contributed by atoms with van der Waals surface area (Å²) < 4.78 is 33.1. The van der Waals surface area contributed by atoms with E-state index < -0.39 is 10.0 Å². The van der Waals surface area contributed by atoms with Crippen LogP contribution in [0.25, 0.3) is 0 Å². The maximum Gasteiger partial charge on any atom is 0.261 e. The number of methoxy groups -OCH3 is 1. The molecule has 0 unspecified atom stereocenters. The van der Waals surface area contributed by atoms with Crippen molar-refractivity contribution in [3.8, 4) is 5.75 Å². The summed E-state index contributed by atoms with van der Waals surface area (Å²) in [5.74, 6) is 1.01. The zero-order valence-electron chi connectivity index (χ0n) is 16.9. The zero-order chi connectivity index (χ0) is 20.9. The van der Waals surface area contributed by atoms with E-state index in [0.29, 0.717) is 29.5 Å². The number of hydrogen-bond acceptors (Lipinski definition) is 4. The van der Waals surface area contributed by atoms with E-state index in [1.54, 1.807) is 55.5 Å². The number of benzene rings is 2. The van der Waals surface area contributed by atoms with Gasteiger partial charge in [0.15, 0.2) is 0 Å². The van der Waals surface area contributed by atoms with Gasteiger partial charge < -0.3 is 9.64 Å². The van der Waals surface area contributed by atoms with Gasteiger partial charge in [-0.05, 0) is 61.2 Å². The van der Waals surface area contributed by atoms with Gasteiger partial charge in [0.1, 0.15) is 5.75 Å². The maximum atomic E-state index is 12.8. The minimum absolute atomic E-state index is 0.0604. The van der Waals surface area contributed by atoms with Gasteiger partial charge in [-0.15, -0.1) is 0 Å². The van der Waals surface area contributed by atoms with E-state index in [1.807, 2.05) is 0 Å². The van der Waals surface area contributed by atoms with Crippen LogP contribution in [0.1, 0.15) is 42.5 Å². The van der Waals surface area contributed by atoms with Crippen LogP contribution in [0.4, 0.5) is 5.69 Å². The molecule has 1 amide bonds. The highest BCUT2D eigenvalue weighted by Crippen LogP contribution is 2.25. The first kappa shape index (κ1) is 21.2. The molecule has 2 aromatic rings. The molecule has 156 valence electrons. The molecule has 29 heavy (non-hydrogen) atoms. The van der Waals surface area contributed by atoms with Crippen LogP contribution in [0.15, 0.2) is 53.4 Å². The van der Waals surface area contributed by atoms with Crippen molar-refractivity contribution in [2.45, 2.75) is 37.0 Å². The van der Waals surface area contributed by atoms with Gasteiger partial charge >= 0.3 is 0 Å². The molecule has 1 N–H and O–H groups in total. The first-order valence-electron chi connectivity index (χ1n) is 9.91. The molecule has 3 rings (SSSR count). The second-order valence-electron chi connectivity index (χ2n) is 7.55. The van der Waals surface area contributed by atoms with Gasteiger partial charge in [-0.2, -0.15) is 0 Å². The van der Waals surface area contributed by atoms with E-state index in [9.17, 15) is 13.2 Å². The number of carbonyl (C=O) groups is 1. The van der Waals surface area contributed by atoms with Gasteiger partial charge in [0.25, 0.3) is 15.9 Å². The minimum atomic E-state index is -3.80. The van der Waals surface area contributed by atoms with E-state index in [2.05, 4.69) is 4.72 Å². The minimum Gasteiger partial charge on any atom is -0.497 e. The first-order valence-corrected chi connectivity index (χ1v) is 11.4. The third kappa shape index (κ3) is 5.50. The summed E-state index contributed by atoms with van der Waals surface area (Å²) in [6.07, 6.45) is 6.01. The third-order valence-electron chi connectivity index (χ3n) is 5.34. The van der Waals surface area contributed by atoms with Crippen LogP contribution in [-0.4, -0.2) is 39.9 Å². The molecule has 0 spiro atoms. The van der Waals surface area contributed by atoms with Gasteiger partial charge in [0.05, 0.1) is 12.0 Å². The highest BCUT2D eigenvalue weighted by atomic mass is 32.2. The summed E-state index contributed by atoms with van der Waals surface area (Å²) in [5.41, 5.74) is 0.804. The second-order valence-corrected chi connectivity index (χ2v) is 9.23. The number of amides is 1. The summed E-state index contributed by atoms with van der Waals surface area (Å²) in [5, 5.41) is 0. The van der Waals surface area contributed by atoms with E-state index in [1.165, 1.54) is 31.4 Å². The molecule has 7 heteroatoms. The van der Waals surface area contributed by atoms with Gasteiger partial charge in [-0.3, -0.25) is 9.52 Å². The van der Waals surface area contributed by atoms with E-state index in [4.69, 9.17) is 4.74 Å². The number of hydrogen-bond donors (Lipinski definition) is 1. The number of nitrogens with zero attached hydrogens (tertiary/aromatic N) is 1. The van der Waals surface area contributed by atoms with Crippen LogP contribution < -0.4 is 9.46 Å². The molecule has 1 saturated carbocycles. The van der Waals surface area contributed by atoms with Crippen LogP contribution in [-0.2, 0) is 10.0 Å². The average molecular weight is 417 g/mol. The Hall–Kier alpha value is -2.54. The fraction of sp³-hybridized carbons (Fsp3) is 0.409. The molecule has 2 aromatic carbocycles. The lowest BCUT2D eigenvalue weighted by molar-refractivity contribution is 0.0760. The van der Waals surface area contributed by atoms with Crippen molar-refractivity contribution >= 4 is 21.6 Å². The molecule has 0 atom stereocenters. The molecule has 1 aliphatic rings. The smallest absolute Gasteiger partial charge is 0.261 e. The molecular weight excluding hydrogens is 388 g/mol. The standard InChI is InChI=1S/C22H28N2O4S/c1-24(16-17-7-4-3-5-8-17)22(25)18-9-6-10-21(15-18)29(26,27)23-19-11-13-20(28-2)14-12-19/h6,9-15,17,23H,3-5,7-8,16H2,1-2H3. The van der Waals surface area contributed by atoms with Crippen molar-refractivity contribution in [2.75, 3.05) is 25.4 Å². The predicted octanol–water partition coefficient (Wildman–Crippen LogP) is 4.15. The molecule has 0 radical (unpaired) electrons. The highest BCUT2D eigenvalue weighted by Gasteiger charge is 2.21. The SMILES string of the molecule is COc1ccc(NS(=O)(=O)c2cccc(C(=O)N(C)CC3CCCCC3)c2)cc1. The topological polar surface area (TPSA) is 75.7 Å². The molecular formula is C22H28N2O4S. The molecule has 1 fully saturated rings. The largest absolute Gasteiger partial charge is 0.497 e. The number of ether oxygens (including phenoxy) is 1. The molecule has 0 heterocycles. The van der Waals surface area contributed by atoms with Crippen LogP contribution >= 0.6 is 0 Å². The lowest BCUT2D eigenvalue weighted by atomic mass is 9.89. The molecule has 0 saturated heterocycles. The molecule has 0 bridgehead atoms. The first-order chi connectivity index (χ1) is 13.9. The number of anilines is 1. The van der Waals surface area contributed by atoms with Crippen molar-refractivity contribution in [3.63, 3.8) is 0 Å². The fourth-order valence-corrected chi connectivity index (χ4v) is 4.83. The summed E-state index contributed by atoms with van der Waals surface area (Å²) in [7, 11) is -0.469. The normalized spacial score (nSPS) is 15.0. The number of sulfonamides is 1. The van der Waals surface area contributed by atoms with Gasteiger partial charge in [-0.25, -0.2) is 8.42 Å². The van der Waals surface area contributed by atoms with Gasteiger partial charge in [0.2, 0.25) is 0 Å². The van der Waals surface area contributed by atoms with Crippen LogP contribution in [0.2, 0.25) is 0 Å². The van der Waals surface area contributed by atoms with Crippen molar-refractivity contribution in [1.82, 2.24) is 4.90 Å². The Morgan fingerprint density at radius 3 is 2.45 bits per heavy atom. The van der Waals surface area contributed by atoms with Gasteiger partial charge in [0, 0.05) is 24.8 Å². The summed E-state index contributed by atoms with van der Waals surface area (Å²) in [6, 6.07) is 12.8. The lowest BCUT2D eigenvalue weighted by Crippen LogP contribution is -2.32. The van der Waals surface area contributed by atoms with E-state index in [0.717, 1.165) is 12.8 Å². The Morgan fingerprint density at radius 1 is 1.10 bits per heavy atom. The fourth-order valence-electron chi connectivity index (χ4n) is 3.73. The molecule has 0 aliphatic heterocycles. The monoisotopic (exact) mass is 416 g/mol. The van der Waals surface area contributed by atoms with Crippen LogP contribution in [0, 0.1) is 5.92 Å². The number of carbonyl (C=O) groups excluding carboxylic acids is 1. The summed E-state index contributed by atoms with van der Waals surface area (Å²) in [6.45, 7) is 0.708. The maximum absolute atomic E-state index is 12.8. The van der Waals surface area contributed by atoms with Crippen molar-refractivity contribution in [1.29, 1.82) is 0 Å². The Kier molecular flexibility index (Phi) is 6.79.